The smallest absolute Gasteiger partial charge is 0.339 e. The van der Waals surface area contributed by atoms with Gasteiger partial charge in [-0.15, -0.1) is 0 Å². The van der Waals surface area contributed by atoms with E-state index in [9.17, 15) is 4.79 Å². The summed E-state index contributed by atoms with van der Waals surface area (Å²) in [5, 5.41) is 9.02. The molecule has 0 aromatic carbocycles. The zero-order valence-electron chi connectivity index (χ0n) is 11.7. The van der Waals surface area contributed by atoms with Gasteiger partial charge in [-0.3, -0.25) is 9.88 Å². The number of nitrogens with zero attached hydrogens (tertiary/aromatic N) is 2. The topological polar surface area (TPSA) is 66.6 Å². The summed E-state index contributed by atoms with van der Waals surface area (Å²) in [5.74, 6) is 0.157. The monoisotopic (exact) mass is 274 g/mol. The summed E-state index contributed by atoms with van der Waals surface area (Å²) in [6.07, 6.45) is 1.77. The third kappa shape index (κ3) is 3.45. The number of furan rings is 1. The van der Waals surface area contributed by atoms with Gasteiger partial charge in [-0.05, 0) is 31.7 Å². The Labute approximate surface area is 117 Å². The van der Waals surface area contributed by atoms with E-state index in [0.717, 1.165) is 12.2 Å². The van der Waals surface area contributed by atoms with Crippen LogP contribution in [0.15, 0.2) is 34.9 Å². The van der Waals surface area contributed by atoms with Gasteiger partial charge in [0.15, 0.2) is 0 Å². The number of carboxylic acids is 1. The lowest BCUT2D eigenvalue weighted by atomic mass is 10.2. The molecule has 0 aliphatic carbocycles. The van der Waals surface area contributed by atoms with Gasteiger partial charge in [-0.1, -0.05) is 13.0 Å². The number of carboxylic acid groups (broad SMARTS) is 1. The van der Waals surface area contributed by atoms with Crippen molar-refractivity contribution in [2.45, 2.75) is 26.9 Å². The number of aromatic nitrogens is 1. The number of aryl methyl sites for hydroxylation is 1. The van der Waals surface area contributed by atoms with Crippen LogP contribution in [0.25, 0.3) is 0 Å². The molecule has 0 amide bonds. The van der Waals surface area contributed by atoms with Crippen molar-refractivity contribution in [1.29, 1.82) is 0 Å². The van der Waals surface area contributed by atoms with E-state index < -0.39 is 5.97 Å². The standard InChI is InChI=1S/C15H18N2O3/c1-3-17(9-12-6-4-5-7-16-12)10-13-8-14(15(18)19)11(2)20-13/h4-8H,3,9-10H2,1-2H3,(H,18,19). The van der Waals surface area contributed by atoms with Crippen molar-refractivity contribution in [2.75, 3.05) is 6.54 Å². The Hall–Kier alpha value is -2.14. The van der Waals surface area contributed by atoms with Crippen molar-refractivity contribution in [2.24, 2.45) is 0 Å². The number of rotatable bonds is 6. The molecule has 0 unspecified atom stereocenters. The minimum atomic E-state index is -0.953. The molecule has 2 aromatic heterocycles. The highest BCUT2D eigenvalue weighted by molar-refractivity contribution is 5.88. The van der Waals surface area contributed by atoms with Crippen LogP contribution in [0.2, 0.25) is 0 Å². The zero-order chi connectivity index (χ0) is 14.5. The Bertz CT molecular complexity index is 578. The number of hydrogen-bond acceptors (Lipinski definition) is 4. The Balaban J connectivity index is 2.06. The van der Waals surface area contributed by atoms with Crippen LogP contribution >= 0.6 is 0 Å². The summed E-state index contributed by atoms with van der Waals surface area (Å²) in [5.41, 5.74) is 1.21. The molecule has 5 nitrogen and oxygen atoms in total. The molecular formula is C15H18N2O3. The third-order valence-electron chi connectivity index (χ3n) is 3.14. The lowest BCUT2D eigenvalue weighted by molar-refractivity contribution is 0.0695. The van der Waals surface area contributed by atoms with E-state index in [-0.39, 0.29) is 5.56 Å². The molecule has 0 aliphatic rings. The molecule has 0 aliphatic heterocycles. The quantitative estimate of drug-likeness (QED) is 0.877. The molecule has 1 N–H and O–H groups in total. The van der Waals surface area contributed by atoms with Crippen LogP contribution in [0.5, 0.6) is 0 Å². The van der Waals surface area contributed by atoms with Gasteiger partial charge < -0.3 is 9.52 Å². The molecule has 2 heterocycles. The fourth-order valence-electron chi connectivity index (χ4n) is 2.05. The van der Waals surface area contributed by atoms with Gasteiger partial charge >= 0.3 is 5.97 Å². The molecule has 0 fully saturated rings. The van der Waals surface area contributed by atoms with Crippen LogP contribution in [0.4, 0.5) is 0 Å². The van der Waals surface area contributed by atoms with Gasteiger partial charge in [0, 0.05) is 12.7 Å². The second-order valence-corrected chi connectivity index (χ2v) is 4.61. The minimum Gasteiger partial charge on any atom is -0.478 e. The van der Waals surface area contributed by atoms with Crippen LogP contribution in [0, 0.1) is 6.92 Å². The molecule has 5 heteroatoms. The van der Waals surface area contributed by atoms with Gasteiger partial charge in [-0.25, -0.2) is 4.79 Å². The maximum absolute atomic E-state index is 11.0. The van der Waals surface area contributed by atoms with E-state index >= 15 is 0 Å². The molecule has 0 bridgehead atoms. The first-order valence-electron chi connectivity index (χ1n) is 6.55. The van der Waals surface area contributed by atoms with E-state index in [1.807, 2.05) is 18.2 Å². The molecule has 0 atom stereocenters. The molecule has 0 saturated heterocycles. The SMILES string of the molecule is CCN(Cc1ccccn1)Cc1cc(C(=O)O)c(C)o1. The highest BCUT2D eigenvalue weighted by atomic mass is 16.4. The summed E-state index contributed by atoms with van der Waals surface area (Å²) >= 11 is 0. The van der Waals surface area contributed by atoms with Gasteiger partial charge in [0.2, 0.25) is 0 Å². The lowest BCUT2D eigenvalue weighted by Crippen LogP contribution is -2.22. The van der Waals surface area contributed by atoms with Crippen molar-refractivity contribution >= 4 is 5.97 Å². The lowest BCUT2D eigenvalue weighted by Gasteiger charge is -2.18. The van der Waals surface area contributed by atoms with Crippen molar-refractivity contribution < 1.29 is 14.3 Å². The average Bonchev–Trinajstić information content (AvgIpc) is 2.80. The van der Waals surface area contributed by atoms with Crippen molar-refractivity contribution in [1.82, 2.24) is 9.88 Å². The fourth-order valence-corrected chi connectivity index (χ4v) is 2.05. The van der Waals surface area contributed by atoms with Crippen LogP contribution in [-0.2, 0) is 13.1 Å². The van der Waals surface area contributed by atoms with Gasteiger partial charge in [0.25, 0.3) is 0 Å². The third-order valence-corrected chi connectivity index (χ3v) is 3.14. The number of aromatic carboxylic acids is 1. The molecular weight excluding hydrogens is 256 g/mol. The zero-order valence-corrected chi connectivity index (χ0v) is 11.7. The highest BCUT2D eigenvalue weighted by Crippen LogP contribution is 2.17. The van der Waals surface area contributed by atoms with E-state index in [4.69, 9.17) is 9.52 Å². The Morgan fingerprint density at radius 3 is 2.75 bits per heavy atom. The second kappa shape index (κ2) is 6.34. The predicted molar refractivity (Wildman–Crippen MR) is 74.4 cm³/mol. The number of carbonyl (C=O) groups is 1. The van der Waals surface area contributed by atoms with Gasteiger partial charge in [0.1, 0.15) is 17.1 Å². The molecule has 106 valence electrons. The highest BCUT2D eigenvalue weighted by Gasteiger charge is 2.15. The Kier molecular flexibility index (Phi) is 4.53. The normalized spacial score (nSPS) is 10.9. The molecule has 20 heavy (non-hydrogen) atoms. The summed E-state index contributed by atoms with van der Waals surface area (Å²) in [6.45, 7) is 5.83. The molecule has 2 aromatic rings. The predicted octanol–water partition coefficient (Wildman–Crippen LogP) is 2.70. The van der Waals surface area contributed by atoms with Crippen LogP contribution in [-0.4, -0.2) is 27.5 Å². The van der Waals surface area contributed by atoms with E-state index in [0.29, 0.717) is 24.6 Å². The first kappa shape index (κ1) is 14.3. The van der Waals surface area contributed by atoms with Crippen LogP contribution in [0.1, 0.15) is 34.5 Å². The van der Waals surface area contributed by atoms with Crippen molar-refractivity contribution in [3.05, 3.63) is 53.2 Å². The number of pyridine rings is 1. The Morgan fingerprint density at radius 1 is 1.40 bits per heavy atom. The Morgan fingerprint density at radius 2 is 2.20 bits per heavy atom. The molecule has 0 radical (unpaired) electrons. The molecule has 0 saturated carbocycles. The molecule has 0 spiro atoms. The van der Waals surface area contributed by atoms with Crippen molar-refractivity contribution in [3.8, 4) is 0 Å². The number of hydrogen-bond donors (Lipinski definition) is 1. The maximum Gasteiger partial charge on any atom is 0.339 e. The van der Waals surface area contributed by atoms with Gasteiger partial charge in [-0.2, -0.15) is 0 Å². The second-order valence-electron chi connectivity index (χ2n) is 4.61. The first-order chi connectivity index (χ1) is 9.60. The van der Waals surface area contributed by atoms with Crippen LogP contribution in [0.3, 0.4) is 0 Å². The van der Waals surface area contributed by atoms with E-state index in [2.05, 4.69) is 16.8 Å². The summed E-state index contributed by atoms with van der Waals surface area (Å²) in [7, 11) is 0. The maximum atomic E-state index is 11.0. The summed E-state index contributed by atoms with van der Waals surface area (Å²) < 4.78 is 5.50. The summed E-state index contributed by atoms with van der Waals surface area (Å²) in [6, 6.07) is 7.40. The van der Waals surface area contributed by atoms with Crippen LogP contribution < -0.4 is 0 Å². The summed E-state index contributed by atoms with van der Waals surface area (Å²) in [4.78, 5) is 17.4. The average molecular weight is 274 g/mol. The van der Waals surface area contributed by atoms with E-state index in [1.165, 1.54) is 0 Å². The first-order valence-corrected chi connectivity index (χ1v) is 6.55. The van der Waals surface area contributed by atoms with Gasteiger partial charge in [0.05, 0.1) is 12.2 Å². The van der Waals surface area contributed by atoms with Crippen molar-refractivity contribution in [3.63, 3.8) is 0 Å². The minimum absolute atomic E-state index is 0.230. The largest absolute Gasteiger partial charge is 0.478 e. The fraction of sp³-hybridized carbons (Fsp3) is 0.333. The molecule has 2 rings (SSSR count). The van der Waals surface area contributed by atoms with E-state index in [1.54, 1.807) is 19.2 Å².